The van der Waals surface area contributed by atoms with E-state index in [9.17, 15) is 13.2 Å². The summed E-state index contributed by atoms with van der Waals surface area (Å²) in [5, 5.41) is 8.96. The number of sulfonamides is 1. The fourth-order valence-electron chi connectivity index (χ4n) is 2.47. The van der Waals surface area contributed by atoms with Gasteiger partial charge in [-0.25, -0.2) is 13.2 Å². The number of hydrogen-bond donors (Lipinski definition) is 1. The fraction of sp³-hybridized carbons (Fsp3) is 0.583. The molecule has 0 aromatic carbocycles. The Kier molecular flexibility index (Phi) is 3.49. The first kappa shape index (κ1) is 14.5. The standard InChI is InChI=1S/C12H17NO4S2/c1-8-10(7-9(18-8)11(14)15)19(16,17)13-6-4-5-12(13,2)3/h7H,4-6H2,1-3H3,(H,14,15). The van der Waals surface area contributed by atoms with Crippen molar-refractivity contribution in [2.75, 3.05) is 6.54 Å². The predicted molar refractivity (Wildman–Crippen MR) is 73.2 cm³/mol. The average Bonchev–Trinajstić information content (AvgIpc) is 2.81. The molecule has 0 bridgehead atoms. The molecule has 2 rings (SSSR count). The van der Waals surface area contributed by atoms with Crippen LogP contribution in [-0.4, -0.2) is 35.9 Å². The molecule has 0 saturated carbocycles. The van der Waals surface area contributed by atoms with Gasteiger partial charge < -0.3 is 5.11 Å². The molecule has 1 saturated heterocycles. The molecule has 0 aliphatic carbocycles. The van der Waals surface area contributed by atoms with Gasteiger partial charge in [0.05, 0.1) is 4.90 Å². The lowest BCUT2D eigenvalue weighted by Crippen LogP contribution is -2.42. The smallest absolute Gasteiger partial charge is 0.345 e. The lowest BCUT2D eigenvalue weighted by Gasteiger charge is -2.30. The summed E-state index contributed by atoms with van der Waals surface area (Å²) in [7, 11) is -3.61. The summed E-state index contributed by atoms with van der Waals surface area (Å²) < 4.78 is 26.8. The molecule has 1 aromatic rings. The highest BCUT2D eigenvalue weighted by Crippen LogP contribution is 2.36. The van der Waals surface area contributed by atoms with Crippen LogP contribution in [0, 0.1) is 6.92 Å². The SMILES string of the molecule is Cc1sc(C(=O)O)cc1S(=O)(=O)N1CCCC1(C)C. The molecule has 0 spiro atoms. The van der Waals surface area contributed by atoms with Gasteiger partial charge in [-0.1, -0.05) is 0 Å². The molecule has 1 aliphatic rings. The number of rotatable bonds is 3. The third-order valence-electron chi connectivity index (χ3n) is 3.48. The van der Waals surface area contributed by atoms with E-state index in [1.165, 1.54) is 10.4 Å². The first-order chi connectivity index (χ1) is 8.66. The largest absolute Gasteiger partial charge is 0.477 e. The monoisotopic (exact) mass is 303 g/mol. The van der Waals surface area contributed by atoms with Crippen LogP contribution in [0.25, 0.3) is 0 Å². The third kappa shape index (κ3) is 2.42. The van der Waals surface area contributed by atoms with Crippen molar-refractivity contribution in [2.45, 2.75) is 44.0 Å². The number of hydrogen-bond acceptors (Lipinski definition) is 4. The zero-order valence-electron chi connectivity index (χ0n) is 11.1. The average molecular weight is 303 g/mol. The molecule has 2 heterocycles. The number of carbonyl (C=O) groups is 1. The maximum absolute atomic E-state index is 12.6. The highest BCUT2D eigenvalue weighted by molar-refractivity contribution is 7.89. The Labute approximate surface area is 116 Å². The summed E-state index contributed by atoms with van der Waals surface area (Å²) in [4.78, 5) is 11.7. The summed E-state index contributed by atoms with van der Waals surface area (Å²) in [5.41, 5.74) is -0.406. The molecule has 1 fully saturated rings. The minimum Gasteiger partial charge on any atom is -0.477 e. The number of aryl methyl sites for hydroxylation is 1. The Hall–Kier alpha value is -0.920. The van der Waals surface area contributed by atoms with Gasteiger partial charge in [0, 0.05) is 17.0 Å². The van der Waals surface area contributed by atoms with Gasteiger partial charge in [0.2, 0.25) is 10.0 Å². The van der Waals surface area contributed by atoms with Crippen molar-refractivity contribution in [3.8, 4) is 0 Å². The van der Waals surface area contributed by atoms with E-state index in [2.05, 4.69) is 0 Å². The summed E-state index contributed by atoms with van der Waals surface area (Å²) in [5.74, 6) is -1.09. The van der Waals surface area contributed by atoms with Gasteiger partial charge in [-0.05, 0) is 39.7 Å². The molecular formula is C12H17NO4S2. The highest BCUT2D eigenvalue weighted by atomic mass is 32.2. The second-order valence-electron chi connectivity index (χ2n) is 5.33. The Balaban J connectivity index is 2.48. The Morgan fingerprint density at radius 1 is 1.47 bits per heavy atom. The molecule has 106 valence electrons. The van der Waals surface area contributed by atoms with E-state index in [-0.39, 0.29) is 9.77 Å². The molecule has 0 atom stereocenters. The first-order valence-corrected chi connectivity index (χ1v) is 8.28. The number of nitrogens with zero attached hydrogens (tertiary/aromatic N) is 1. The molecule has 19 heavy (non-hydrogen) atoms. The van der Waals surface area contributed by atoms with Crippen LogP contribution in [0.15, 0.2) is 11.0 Å². The van der Waals surface area contributed by atoms with Crippen LogP contribution in [0.2, 0.25) is 0 Å². The van der Waals surface area contributed by atoms with Gasteiger partial charge in [0.25, 0.3) is 0 Å². The number of carboxylic acid groups (broad SMARTS) is 1. The third-order valence-corrected chi connectivity index (χ3v) is 6.88. The number of carboxylic acids is 1. The van der Waals surface area contributed by atoms with Crippen LogP contribution in [0.5, 0.6) is 0 Å². The van der Waals surface area contributed by atoms with Gasteiger partial charge >= 0.3 is 5.97 Å². The number of thiophene rings is 1. The minimum absolute atomic E-state index is 0.0630. The van der Waals surface area contributed by atoms with Crippen LogP contribution >= 0.6 is 11.3 Å². The predicted octanol–water partition coefficient (Wildman–Crippen LogP) is 2.32. The Morgan fingerprint density at radius 3 is 2.53 bits per heavy atom. The molecule has 7 heteroatoms. The van der Waals surface area contributed by atoms with Crippen LogP contribution in [-0.2, 0) is 10.0 Å². The van der Waals surface area contributed by atoms with Crippen LogP contribution in [0.3, 0.4) is 0 Å². The molecule has 1 N–H and O–H groups in total. The van der Waals surface area contributed by atoms with Crippen molar-refractivity contribution in [2.24, 2.45) is 0 Å². The minimum atomic E-state index is -3.61. The van der Waals surface area contributed by atoms with Crippen LogP contribution in [0.1, 0.15) is 41.2 Å². The van der Waals surface area contributed by atoms with E-state index in [1.807, 2.05) is 13.8 Å². The van der Waals surface area contributed by atoms with Gasteiger partial charge in [0.15, 0.2) is 0 Å². The van der Waals surface area contributed by atoms with Crippen molar-refractivity contribution < 1.29 is 18.3 Å². The molecule has 1 aliphatic heterocycles. The molecule has 0 unspecified atom stereocenters. The highest BCUT2D eigenvalue weighted by Gasteiger charge is 2.42. The Bertz CT molecular complexity index is 616. The number of aromatic carboxylic acids is 1. The molecule has 0 radical (unpaired) electrons. The first-order valence-electron chi connectivity index (χ1n) is 6.03. The second-order valence-corrected chi connectivity index (χ2v) is 8.42. The molecule has 0 amide bonds. The van der Waals surface area contributed by atoms with Crippen molar-refractivity contribution >= 4 is 27.3 Å². The fourth-order valence-corrected chi connectivity index (χ4v) is 5.72. The lowest BCUT2D eigenvalue weighted by atomic mass is 10.0. The Morgan fingerprint density at radius 2 is 2.11 bits per heavy atom. The summed E-state index contributed by atoms with van der Waals surface area (Å²) in [6.07, 6.45) is 1.66. The zero-order chi connectivity index (χ0) is 14.4. The topological polar surface area (TPSA) is 74.7 Å². The van der Waals surface area contributed by atoms with Crippen LogP contribution in [0.4, 0.5) is 0 Å². The molecule has 1 aromatic heterocycles. The second kappa shape index (κ2) is 4.57. The van der Waals surface area contributed by atoms with E-state index in [4.69, 9.17) is 5.11 Å². The maximum Gasteiger partial charge on any atom is 0.345 e. The van der Waals surface area contributed by atoms with Crippen molar-refractivity contribution in [3.05, 3.63) is 15.8 Å². The van der Waals surface area contributed by atoms with Gasteiger partial charge in [0.1, 0.15) is 4.88 Å². The summed E-state index contributed by atoms with van der Waals surface area (Å²) in [6, 6.07) is 1.27. The lowest BCUT2D eigenvalue weighted by molar-refractivity contribution is 0.0702. The van der Waals surface area contributed by atoms with Crippen molar-refractivity contribution in [3.63, 3.8) is 0 Å². The van der Waals surface area contributed by atoms with E-state index >= 15 is 0 Å². The maximum atomic E-state index is 12.6. The van der Waals surface area contributed by atoms with E-state index in [0.717, 1.165) is 24.2 Å². The normalized spacial score (nSPS) is 19.7. The van der Waals surface area contributed by atoms with Crippen molar-refractivity contribution in [1.29, 1.82) is 0 Å². The summed E-state index contributed by atoms with van der Waals surface area (Å²) in [6.45, 7) is 5.94. The van der Waals surface area contributed by atoms with E-state index in [1.54, 1.807) is 6.92 Å². The van der Waals surface area contributed by atoms with Gasteiger partial charge in [-0.3, -0.25) is 0 Å². The van der Waals surface area contributed by atoms with Crippen molar-refractivity contribution in [1.82, 2.24) is 4.31 Å². The quantitative estimate of drug-likeness (QED) is 0.930. The molecule has 5 nitrogen and oxygen atoms in total. The van der Waals surface area contributed by atoms with Crippen LogP contribution < -0.4 is 0 Å². The zero-order valence-corrected chi connectivity index (χ0v) is 12.8. The summed E-state index contributed by atoms with van der Waals surface area (Å²) >= 11 is 1.00. The molecular weight excluding hydrogens is 286 g/mol. The van der Waals surface area contributed by atoms with Gasteiger partial charge in [-0.2, -0.15) is 4.31 Å². The van der Waals surface area contributed by atoms with E-state index in [0.29, 0.717) is 11.4 Å². The van der Waals surface area contributed by atoms with Gasteiger partial charge in [-0.15, -0.1) is 11.3 Å². The van der Waals surface area contributed by atoms with E-state index < -0.39 is 21.5 Å².